The van der Waals surface area contributed by atoms with Crippen molar-refractivity contribution in [2.24, 2.45) is 0 Å². The highest BCUT2D eigenvalue weighted by atomic mass is 16.7. The Morgan fingerprint density at radius 1 is 1.31 bits per heavy atom. The second kappa shape index (κ2) is 4.67. The highest BCUT2D eigenvalue weighted by molar-refractivity contribution is 5.38. The summed E-state index contributed by atoms with van der Waals surface area (Å²) in [6.07, 6.45) is 1.62. The van der Waals surface area contributed by atoms with Gasteiger partial charge in [-0.15, -0.1) is 0 Å². The zero-order valence-electron chi connectivity index (χ0n) is 8.03. The molecule has 0 saturated carbocycles. The van der Waals surface area contributed by atoms with E-state index in [1.54, 1.807) is 20.4 Å². The van der Waals surface area contributed by atoms with Gasteiger partial charge in [-0.05, 0) is 6.92 Å². The van der Waals surface area contributed by atoms with Crippen molar-refractivity contribution in [2.45, 2.75) is 6.92 Å². The van der Waals surface area contributed by atoms with Crippen LogP contribution in [0.15, 0.2) is 12.3 Å². The lowest BCUT2D eigenvalue weighted by molar-refractivity contribution is 0.0488. The lowest BCUT2D eigenvalue weighted by Gasteiger charge is -2.09. The van der Waals surface area contributed by atoms with E-state index in [1.807, 2.05) is 13.0 Å². The Kier molecular flexibility index (Phi) is 3.52. The van der Waals surface area contributed by atoms with E-state index in [-0.39, 0.29) is 6.79 Å². The summed E-state index contributed by atoms with van der Waals surface area (Å²) in [5.74, 6) is 1.26. The third-order valence-corrected chi connectivity index (χ3v) is 1.52. The molecule has 0 aromatic carbocycles. The normalized spacial score (nSPS) is 9.77. The van der Waals surface area contributed by atoms with Gasteiger partial charge < -0.3 is 14.2 Å². The molecule has 0 atom stereocenters. The Hall–Kier alpha value is -1.29. The fourth-order valence-corrected chi connectivity index (χ4v) is 0.913. The molecule has 4 heteroatoms. The van der Waals surface area contributed by atoms with Crippen LogP contribution in [-0.4, -0.2) is 26.0 Å². The monoisotopic (exact) mass is 183 g/mol. The summed E-state index contributed by atoms with van der Waals surface area (Å²) in [5.41, 5.74) is 0.890. The molecule has 72 valence electrons. The van der Waals surface area contributed by atoms with E-state index in [4.69, 9.17) is 14.2 Å². The number of aryl methyl sites for hydroxylation is 1. The van der Waals surface area contributed by atoms with E-state index in [1.165, 1.54) is 0 Å². The average molecular weight is 183 g/mol. The Bertz CT molecular complexity index is 276. The van der Waals surface area contributed by atoms with Gasteiger partial charge in [-0.3, -0.25) is 4.98 Å². The molecule has 1 heterocycles. The van der Waals surface area contributed by atoms with Gasteiger partial charge in [0.05, 0.1) is 13.3 Å². The van der Waals surface area contributed by atoms with Crippen LogP contribution in [-0.2, 0) is 4.74 Å². The molecule has 0 aliphatic rings. The summed E-state index contributed by atoms with van der Waals surface area (Å²) in [5, 5.41) is 0. The predicted octanol–water partition coefficient (Wildman–Crippen LogP) is 1.38. The van der Waals surface area contributed by atoms with E-state index in [0.717, 1.165) is 5.69 Å². The number of aromatic nitrogens is 1. The summed E-state index contributed by atoms with van der Waals surface area (Å²) in [4.78, 5) is 4.08. The maximum atomic E-state index is 5.22. The molecule has 0 fully saturated rings. The molecule has 0 saturated heterocycles. The average Bonchev–Trinajstić information content (AvgIpc) is 2.16. The minimum atomic E-state index is 0.196. The number of methoxy groups -OCH3 is 2. The van der Waals surface area contributed by atoms with E-state index < -0.39 is 0 Å². The second-order valence-corrected chi connectivity index (χ2v) is 2.53. The van der Waals surface area contributed by atoms with Crippen LogP contribution in [0.5, 0.6) is 11.5 Å². The van der Waals surface area contributed by atoms with Gasteiger partial charge in [-0.1, -0.05) is 0 Å². The number of hydrogen-bond acceptors (Lipinski definition) is 4. The summed E-state index contributed by atoms with van der Waals surface area (Å²) >= 11 is 0. The molecule has 0 N–H and O–H groups in total. The molecule has 0 radical (unpaired) electrons. The van der Waals surface area contributed by atoms with Gasteiger partial charge in [-0.2, -0.15) is 0 Å². The van der Waals surface area contributed by atoms with Gasteiger partial charge in [-0.25, -0.2) is 0 Å². The van der Waals surface area contributed by atoms with Crippen LogP contribution in [0.1, 0.15) is 5.69 Å². The fourth-order valence-electron chi connectivity index (χ4n) is 0.913. The van der Waals surface area contributed by atoms with Crippen molar-refractivity contribution in [1.29, 1.82) is 0 Å². The lowest BCUT2D eigenvalue weighted by atomic mass is 10.3. The minimum absolute atomic E-state index is 0.196. The topological polar surface area (TPSA) is 40.6 Å². The maximum absolute atomic E-state index is 5.22. The molecular formula is C9H13NO3. The minimum Gasteiger partial charge on any atom is -0.493 e. The molecule has 0 aliphatic heterocycles. The number of rotatable bonds is 4. The van der Waals surface area contributed by atoms with Crippen LogP contribution in [0, 0.1) is 6.92 Å². The number of hydrogen-bond donors (Lipinski definition) is 0. The summed E-state index contributed by atoms with van der Waals surface area (Å²) in [6, 6.07) is 1.81. The quantitative estimate of drug-likeness (QED) is 0.661. The number of ether oxygens (including phenoxy) is 3. The van der Waals surface area contributed by atoms with Gasteiger partial charge in [0.2, 0.25) is 0 Å². The van der Waals surface area contributed by atoms with Gasteiger partial charge in [0.1, 0.15) is 0 Å². The Balaban J connectivity index is 2.79. The predicted molar refractivity (Wildman–Crippen MR) is 48.0 cm³/mol. The van der Waals surface area contributed by atoms with Crippen molar-refractivity contribution in [3.8, 4) is 11.5 Å². The molecule has 1 rings (SSSR count). The summed E-state index contributed by atoms with van der Waals surface area (Å²) in [7, 11) is 3.16. The molecule has 4 nitrogen and oxygen atoms in total. The van der Waals surface area contributed by atoms with Gasteiger partial charge in [0.25, 0.3) is 0 Å². The first kappa shape index (κ1) is 9.80. The Morgan fingerprint density at radius 3 is 2.69 bits per heavy atom. The first-order chi connectivity index (χ1) is 6.27. The highest BCUT2D eigenvalue weighted by Crippen LogP contribution is 2.25. The van der Waals surface area contributed by atoms with E-state index in [2.05, 4.69) is 4.98 Å². The molecule has 0 spiro atoms. The van der Waals surface area contributed by atoms with Crippen LogP contribution in [0.4, 0.5) is 0 Å². The van der Waals surface area contributed by atoms with Crippen molar-refractivity contribution in [2.75, 3.05) is 21.0 Å². The van der Waals surface area contributed by atoms with Crippen molar-refractivity contribution in [3.05, 3.63) is 18.0 Å². The van der Waals surface area contributed by atoms with Crippen LogP contribution in [0.2, 0.25) is 0 Å². The smallest absolute Gasteiger partial charge is 0.189 e. The van der Waals surface area contributed by atoms with Crippen molar-refractivity contribution < 1.29 is 14.2 Å². The molecule has 1 aromatic heterocycles. The van der Waals surface area contributed by atoms with Crippen LogP contribution in [0.3, 0.4) is 0 Å². The Morgan fingerprint density at radius 2 is 2.08 bits per heavy atom. The zero-order valence-corrected chi connectivity index (χ0v) is 8.03. The maximum Gasteiger partial charge on any atom is 0.189 e. The molecular weight excluding hydrogens is 170 g/mol. The first-order valence-electron chi connectivity index (χ1n) is 3.90. The van der Waals surface area contributed by atoms with Crippen molar-refractivity contribution in [3.63, 3.8) is 0 Å². The molecule has 0 bridgehead atoms. The molecule has 0 unspecified atom stereocenters. The molecule has 1 aromatic rings. The molecule has 13 heavy (non-hydrogen) atoms. The largest absolute Gasteiger partial charge is 0.493 e. The van der Waals surface area contributed by atoms with Crippen molar-refractivity contribution in [1.82, 2.24) is 4.98 Å². The van der Waals surface area contributed by atoms with E-state index in [0.29, 0.717) is 11.5 Å². The first-order valence-corrected chi connectivity index (χ1v) is 3.90. The number of nitrogens with zero attached hydrogens (tertiary/aromatic N) is 1. The third kappa shape index (κ3) is 2.59. The fraction of sp³-hybridized carbons (Fsp3) is 0.444. The van der Waals surface area contributed by atoms with Crippen LogP contribution < -0.4 is 9.47 Å². The lowest BCUT2D eigenvalue weighted by Crippen LogP contribution is -2.01. The van der Waals surface area contributed by atoms with Crippen LogP contribution >= 0.6 is 0 Å². The number of pyridine rings is 1. The van der Waals surface area contributed by atoms with Gasteiger partial charge in [0, 0.05) is 18.9 Å². The second-order valence-electron chi connectivity index (χ2n) is 2.53. The SMILES string of the molecule is COCOc1cnc(C)cc1OC. The summed E-state index contributed by atoms with van der Waals surface area (Å²) in [6.45, 7) is 2.09. The van der Waals surface area contributed by atoms with Crippen LogP contribution in [0.25, 0.3) is 0 Å². The van der Waals surface area contributed by atoms with Gasteiger partial charge in [0.15, 0.2) is 18.3 Å². The zero-order chi connectivity index (χ0) is 9.68. The molecule has 0 amide bonds. The standard InChI is InChI=1S/C9H13NO3/c1-7-4-8(12-3)9(5-10-7)13-6-11-2/h4-5H,6H2,1-3H3. The van der Waals surface area contributed by atoms with E-state index in [9.17, 15) is 0 Å². The van der Waals surface area contributed by atoms with Gasteiger partial charge >= 0.3 is 0 Å². The Labute approximate surface area is 77.5 Å². The van der Waals surface area contributed by atoms with Crippen molar-refractivity contribution >= 4 is 0 Å². The highest BCUT2D eigenvalue weighted by Gasteiger charge is 2.04. The third-order valence-electron chi connectivity index (χ3n) is 1.52. The summed E-state index contributed by atoms with van der Waals surface area (Å²) < 4.78 is 15.1. The molecule has 0 aliphatic carbocycles. The van der Waals surface area contributed by atoms with E-state index >= 15 is 0 Å².